The summed E-state index contributed by atoms with van der Waals surface area (Å²) in [7, 11) is 3.35. The Balaban J connectivity index is 2.08. The highest BCUT2D eigenvalue weighted by Gasteiger charge is 2.12. The molecule has 0 unspecified atom stereocenters. The topological polar surface area (TPSA) is 34.2 Å². The number of H-pyrrole nitrogens is 1. The molecule has 0 spiro atoms. The maximum Gasteiger partial charge on any atom is 0.132 e. The first-order valence-electron chi connectivity index (χ1n) is 6.57. The molecular weight excluding hydrogens is 250 g/mol. The van der Waals surface area contributed by atoms with E-state index in [1.54, 1.807) is 14.2 Å². The molecule has 0 atom stereocenters. The van der Waals surface area contributed by atoms with Crippen LogP contribution < -0.4 is 9.47 Å². The molecule has 0 aliphatic rings. The molecule has 1 N–H and O–H groups in total. The monoisotopic (exact) mass is 267 g/mol. The number of hydrogen-bond donors (Lipinski definition) is 1. The molecule has 1 aromatic heterocycles. The molecule has 0 amide bonds. The fourth-order valence-corrected chi connectivity index (χ4v) is 2.51. The van der Waals surface area contributed by atoms with Crippen molar-refractivity contribution in [3.05, 3.63) is 59.8 Å². The fourth-order valence-electron chi connectivity index (χ4n) is 2.51. The standard InChI is InChI=1S/C17H17NO2/c1-19-14-9-15-17(16(10-14)20-2)13(11-18-15)8-12-6-4-3-5-7-12/h3-7,9-11,18H,8H2,1-2H3. The van der Waals surface area contributed by atoms with E-state index in [0.717, 1.165) is 28.8 Å². The van der Waals surface area contributed by atoms with Crippen molar-refractivity contribution in [2.75, 3.05) is 14.2 Å². The minimum Gasteiger partial charge on any atom is -0.497 e. The predicted molar refractivity (Wildman–Crippen MR) is 80.7 cm³/mol. The lowest BCUT2D eigenvalue weighted by Crippen LogP contribution is -1.91. The average Bonchev–Trinajstić information content (AvgIpc) is 2.90. The summed E-state index contributed by atoms with van der Waals surface area (Å²) in [6.07, 6.45) is 2.92. The summed E-state index contributed by atoms with van der Waals surface area (Å²) in [4.78, 5) is 3.30. The summed E-state index contributed by atoms with van der Waals surface area (Å²) < 4.78 is 10.8. The molecule has 0 aliphatic heterocycles. The molecule has 0 radical (unpaired) electrons. The smallest absolute Gasteiger partial charge is 0.132 e. The van der Waals surface area contributed by atoms with Gasteiger partial charge in [0.2, 0.25) is 0 Å². The summed E-state index contributed by atoms with van der Waals surface area (Å²) in [5.74, 6) is 1.63. The third-order valence-corrected chi connectivity index (χ3v) is 3.49. The van der Waals surface area contributed by atoms with Crippen LogP contribution >= 0.6 is 0 Å². The molecule has 0 bridgehead atoms. The SMILES string of the molecule is COc1cc(OC)c2c(Cc3ccccc3)c[nH]c2c1. The lowest BCUT2D eigenvalue weighted by atomic mass is 10.0. The van der Waals surface area contributed by atoms with Gasteiger partial charge in [-0.1, -0.05) is 30.3 Å². The lowest BCUT2D eigenvalue weighted by Gasteiger charge is -2.08. The minimum absolute atomic E-state index is 0.794. The Bertz CT molecular complexity index is 716. The summed E-state index contributed by atoms with van der Waals surface area (Å²) in [5.41, 5.74) is 3.55. The van der Waals surface area contributed by atoms with Crippen molar-refractivity contribution >= 4 is 10.9 Å². The maximum atomic E-state index is 5.51. The Kier molecular flexibility index (Phi) is 3.33. The molecule has 3 rings (SSSR count). The zero-order valence-corrected chi connectivity index (χ0v) is 11.6. The summed E-state index contributed by atoms with van der Waals surface area (Å²) in [5, 5.41) is 1.12. The number of methoxy groups -OCH3 is 2. The van der Waals surface area contributed by atoms with Crippen LogP contribution in [0.15, 0.2) is 48.7 Å². The predicted octanol–water partition coefficient (Wildman–Crippen LogP) is 3.78. The summed E-state index contributed by atoms with van der Waals surface area (Å²) in [6, 6.07) is 14.3. The highest BCUT2D eigenvalue weighted by molar-refractivity contribution is 5.91. The van der Waals surface area contributed by atoms with E-state index in [4.69, 9.17) is 9.47 Å². The Morgan fingerprint density at radius 2 is 1.80 bits per heavy atom. The number of ether oxygens (including phenoxy) is 2. The highest BCUT2D eigenvalue weighted by Crippen LogP contribution is 2.34. The lowest BCUT2D eigenvalue weighted by molar-refractivity contribution is 0.398. The Morgan fingerprint density at radius 3 is 2.50 bits per heavy atom. The van der Waals surface area contributed by atoms with Crippen LogP contribution in [-0.4, -0.2) is 19.2 Å². The van der Waals surface area contributed by atoms with Crippen LogP contribution in [0.25, 0.3) is 10.9 Å². The second-order valence-electron chi connectivity index (χ2n) is 4.73. The van der Waals surface area contributed by atoms with E-state index in [2.05, 4.69) is 29.2 Å². The molecule has 1 heterocycles. The van der Waals surface area contributed by atoms with Gasteiger partial charge in [-0.3, -0.25) is 0 Å². The van der Waals surface area contributed by atoms with Gasteiger partial charge < -0.3 is 14.5 Å². The van der Waals surface area contributed by atoms with Crippen molar-refractivity contribution in [2.24, 2.45) is 0 Å². The highest BCUT2D eigenvalue weighted by atomic mass is 16.5. The maximum absolute atomic E-state index is 5.51. The van der Waals surface area contributed by atoms with E-state index in [1.165, 1.54) is 11.1 Å². The van der Waals surface area contributed by atoms with Gasteiger partial charge in [0.1, 0.15) is 11.5 Å². The zero-order chi connectivity index (χ0) is 13.9. The normalized spacial score (nSPS) is 10.7. The van der Waals surface area contributed by atoms with E-state index in [-0.39, 0.29) is 0 Å². The van der Waals surface area contributed by atoms with E-state index in [1.807, 2.05) is 24.4 Å². The first-order valence-corrected chi connectivity index (χ1v) is 6.57. The first-order chi connectivity index (χ1) is 9.81. The van der Waals surface area contributed by atoms with Gasteiger partial charge in [0.25, 0.3) is 0 Å². The number of fused-ring (bicyclic) bond motifs is 1. The Morgan fingerprint density at radius 1 is 1.00 bits per heavy atom. The zero-order valence-electron chi connectivity index (χ0n) is 11.6. The minimum atomic E-state index is 0.794. The molecule has 0 saturated carbocycles. The molecule has 3 aromatic rings. The number of aromatic nitrogens is 1. The summed E-state index contributed by atoms with van der Waals surface area (Å²) >= 11 is 0. The van der Waals surface area contributed by atoms with Crippen LogP contribution in [0.3, 0.4) is 0 Å². The molecular formula is C17H17NO2. The average molecular weight is 267 g/mol. The van der Waals surface area contributed by atoms with Crippen LogP contribution in [0.1, 0.15) is 11.1 Å². The van der Waals surface area contributed by atoms with E-state index in [9.17, 15) is 0 Å². The van der Waals surface area contributed by atoms with Crippen molar-refractivity contribution in [1.29, 1.82) is 0 Å². The molecule has 0 aliphatic carbocycles. The molecule has 3 heteroatoms. The fraction of sp³-hybridized carbons (Fsp3) is 0.176. The number of aromatic amines is 1. The Hall–Kier alpha value is -2.42. The second kappa shape index (κ2) is 5.29. The molecule has 0 saturated heterocycles. The van der Waals surface area contributed by atoms with Gasteiger partial charge in [0.05, 0.1) is 19.7 Å². The van der Waals surface area contributed by atoms with Crippen molar-refractivity contribution in [3.63, 3.8) is 0 Å². The largest absolute Gasteiger partial charge is 0.497 e. The molecule has 20 heavy (non-hydrogen) atoms. The quantitative estimate of drug-likeness (QED) is 0.780. The third-order valence-electron chi connectivity index (χ3n) is 3.49. The van der Waals surface area contributed by atoms with Crippen molar-refractivity contribution < 1.29 is 9.47 Å². The number of rotatable bonds is 4. The van der Waals surface area contributed by atoms with Crippen molar-refractivity contribution in [1.82, 2.24) is 4.98 Å². The molecule has 3 nitrogen and oxygen atoms in total. The van der Waals surface area contributed by atoms with E-state index in [0.29, 0.717) is 0 Å². The van der Waals surface area contributed by atoms with Crippen LogP contribution in [0.5, 0.6) is 11.5 Å². The van der Waals surface area contributed by atoms with Gasteiger partial charge in [-0.05, 0) is 17.5 Å². The number of nitrogens with one attached hydrogen (secondary N) is 1. The van der Waals surface area contributed by atoms with Gasteiger partial charge in [0.15, 0.2) is 0 Å². The first kappa shape index (κ1) is 12.6. The van der Waals surface area contributed by atoms with Gasteiger partial charge in [0, 0.05) is 23.7 Å². The van der Waals surface area contributed by atoms with E-state index < -0.39 is 0 Å². The van der Waals surface area contributed by atoms with E-state index >= 15 is 0 Å². The summed E-state index contributed by atoms with van der Waals surface area (Å²) in [6.45, 7) is 0. The molecule has 102 valence electrons. The van der Waals surface area contributed by atoms with Gasteiger partial charge >= 0.3 is 0 Å². The van der Waals surface area contributed by atoms with Crippen molar-refractivity contribution in [3.8, 4) is 11.5 Å². The Labute approximate surface area is 118 Å². The third kappa shape index (κ3) is 2.23. The number of hydrogen-bond acceptors (Lipinski definition) is 2. The van der Waals surface area contributed by atoms with Crippen LogP contribution in [0, 0.1) is 0 Å². The van der Waals surface area contributed by atoms with Gasteiger partial charge in [-0.2, -0.15) is 0 Å². The van der Waals surface area contributed by atoms with Crippen LogP contribution in [0.4, 0.5) is 0 Å². The molecule has 2 aromatic carbocycles. The van der Waals surface area contributed by atoms with Gasteiger partial charge in [-0.25, -0.2) is 0 Å². The second-order valence-corrected chi connectivity index (χ2v) is 4.73. The molecule has 0 fully saturated rings. The van der Waals surface area contributed by atoms with Gasteiger partial charge in [-0.15, -0.1) is 0 Å². The number of benzene rings is 2. The van der Waals surface area contributed by atoms with Crippen LogP contribution in [0.2, 0.25) is 0 Å². The van der Waals surface area contributed by atoms with Crippen LogP contribution in [-0.2, 0) is 6.42 Å². The van der Waals surface area contributed by atoms with Crippen molar-refractivity contribution in [2.45, 2.75) is 6.42 Å².